The molecular weight excluding hydrogens is 340 g/mol. The highest BCUT2D eigenvalue weighted by atomic mass is 32.1. The van der Waals surface area contributed by atoms with Crippen molar-refractivity contribution in [2.45, 2.75) is 32.8 Å². The maximum absolute atomic E-state index is 12.3. The lowest BCUT2D eigenvalue weighted by atomic mass is 10.1. The van der Waals surface area contributed by atoms with Crippen LogP contribution < -0.4 is 10.1 Å². The lowest BCUT2D eigenvalue weighted by Crippen LogP contribution is -2.11. The molecule has 1 N–H and O–H groups in total. The van der Waals surface area contributed by atoms with Crippen molar-refractivity contribution in [2.24, 2.45) is 0 Å². The first kappa shape index (κ1) is 15.8. The molecule has 7 nitrogen and oxygen atoms in total. The van der Waals surface area contributed by atoms with Gasteiger partial charge in [0, 0.05) is 18.1 Å². The summed E-state index contributed by atoms with van der Waals surface area (Å²) in [6, 6.07) is 7.46. The van der Waals surface area contributed by atoms with E-state index < -0.39 is 0 Å². The molecule has 0 aliphatic carbocycles. The van der Waals surface area contributed by atoms with Crippen molar-refractivity contribution in [1.29, 1.82) is 0 Å². The van der Waals surface area contributed by atoms with Crippen molar-refractivity contribution in [1.82, 2.24) is 15.4 Å². The van der Waals surface area contributed by atoms with Crippen LogP contribution in [0.15, 0.2) is 28.8 Å². The van der Waals surface area contributed by atoms with Gasteiger partial charge in [0.1, 0.15) is 16.9 Å². The van der Waals surface area contributed by atoms with Gasteiger partial charge in [0.25, 0.3) is 5.91 Å². The molecule has 0 radical (unpaired) electrons. The van der Waals surface area contributed by atoms with Gasteiger partial charge in [-0.25, -0.2) is 0 Å². The van der Waals surface area contributed by atoms with Gasteiger partial charge in [-0.2, -0.15) is 0 Å². The molecule has 0 bridgehead atoms. The molecule has 8 heteroatoms. The number of aromatic nitrogens is 3. The van der Waals surface area contributed by atoms with E-state index in [9.17, 15) is 4.79 Å². The van der Waals surface area contributed by atoms with E-state index in [2.05, 4.69) is 20.7 Å². The third-order valence-electron chi connectivity index (χ3n) is 3.91. The zero-order valence-corrected chi connectivity index (χ0v) is 14.6. The summed E-state index contributed by atoms with van der Waals surface area (Å²) < 4.78 is 11.0. The van der Waals surface area contributed by atoms with Gasteiger partial charge in [-0.15, -0.1) is 10.2 Å². The largest absolute Gasteiger partial charge is 0.490 e. The Hall–Kier alpha value is -2.74. The Kier molecular flexibility index (Phi) is 3.96. The third-order valence-corrected chi connectivity index (χ3v) is 4.90. The summed E-state index contributed by atoms with van der Waals surface area (Å²) in [7, 11) is 0. The second kappa shape index (κ2) is 6.29. The number of nitrogens with one attached hydrogen (secondary N) is 1. The predicted octanol–water partition coefficient (Wildman–Crippen LogP) is 3.33. The lowest BCUT2D eigenvalue weighted by molar-refractivity contribution is 0.101. The third kappa shape index (κ3) is 3.12. The van der Waals surface area contributed by atoms with Crippen molar-refractivity contribution in [3.8, 4) is 17.1 Å². The van der Waals surface area contributed by atoms with Crippen LogP contribution in [0.2, 0.25) is 0 Å². The molecule has 128 valence electrons. The average molecular weight is 356 g/mol. The van der Waals surface area contributed by atoms with E-state index in [1.807, 2.05) is 32.0 Å². The molecule has 0 unspecified atom stereocenters. The number of ether oxygens (including phenoxy) is 1. The van der Waals surface area contributed by atoms with E-state index in [-0.39, 0.29) is 17.7 Å². The molecule has 1 aliphatic heterocycles. The topological polar surface area (TPSA) is 90.1 Å². The van der Waals surface area contributed by atoms with Crippen molar-refractivity contribution in [3.05, 3.63) is 40.5 Å². The lowest BCUT2D eigenvalue weighted by Gasteiger charge is -2.02. The Morgan fingerprint density at radius 1 is 1.36 bits per heavy atom. The van der Waals surface area contributed by atoms with Crippen LogP contribution in [0.4, 0.5) is 5.13 Å². The second-order valence-electron chi connectivity index (χ2n) is 5.84. The summed E-state index contributed by atoms with van der Waals surface area (Å²) >= 11 is 1.35. The Morgan fingerprint density at radius 2 is 2.24 bits per heavy atom. The van der Waals surface area contributed by atoms with Crippen LogP contribution in [0, 0.1) is 0 Å². The molecule has 3 aromatic rings. The Labute approximate surface area is 148 Å². The quantitative estimate of drug-likeness (QED) is 0.771. The first-order valence-corrected chi connectivity index (χ1v) is 8.84. The molecule has 0 saturated heterocycles. The number of benzene rings is 1. The summed E-state index contributed by atoms with van der Waals surface area (Å²) in [5.74, 6) is 1.07. The maximum Gasteiger partial charge on any atom is 0.279 e. The highest BCUT2D eigenvalue weighted by Crippen LogP contribution is 2.33. The molecule has 25 heavy (non-hydrogen) atoms. The van der Waals surface area contributed by atoms with E-state index in [1.54, 1.807) is 6.07 Å². The van der Waals surface area contributed by atoms with Gasteiger partial charge < -0.3 is 9.26 Å². The molecule has 0 saturated carbocycles. The first-order chi connectivity index (χ1) is 12.1. The Balaban J connectivity index is 1.52. The number of hydrogen-bond donors (Lipinski definition) is 1. The summed E-state index contributed by atoms with van der Waals surface area (Å²) in [4.78, 5) is 12.3. The number of hydrogen-bond acceptors (Lipinski definition) is 7. The van der Waals surface area contributed by atoms with E-state index >= 15 is 0 Å². The highest BCUT2D eigenvalue weighted by molar-refractivity contribution is 7.15. The molecule has 1 amide bonds. The molecule has 1 atom stereocenters. The monoisotopic (exact) mass is 356 g/mol. The van der Waals surface area contributed by atoms with Crippen molar-refractivity contribution in [2.75, 3.05) is 5.32 Å². The number of aryl methyl sites for hydroxylation is 1. The maximum atomic E-state index is 12.3. The highest BCUT2D eigenvalue weighted by Gasteiger charge is 2.21. The second-order valence-corrected chi connectivity index (χ2v) is 6.90. The van der Waals surface area contributed by atoms with E-state index in [0.29, 0.717) is 10.9 Å². The molecule has 2 aromatic heterocycles. The number of nitrogens with zero attached hydrogens (tertiary/aromatic N) is 3. The number of carbonyl (C=O) groups is 1. The van der Waals surface area contributed by atoms with Crippen LogP contribution in [-0.2, 0) is 12.8 Å². The molecule has 0 fully saturated rings. The minimum Gasteiger partial charge on any atom is -0.490 e. The van der Waals surface area contributed by atoms with Gasteiger partial charge in [-0.3, -0.25) is 10.1 Å². The van der Waals surface area contributed by atoms with E-state index in [4.69, 9.17) is 9.26 Å². The summed E-state index contributed by atoms with van der Waals surface area (Å²) in [6.45, 7) is 4.02. The number of rotatable bonds is 4. The summed E-state index contributed by atoms with van der Waals surface area (Å²) in [5.41, 5.74) is 2.20. The predicted molar refractivity (Wildman–Crippen MR) is 93.0 cm³/mol. The van der Waals surface area contributed by atoms with Crippen LogP contribution in [0.25, 0.3) is 11.3 Å². The van der Waals surface area contributed by atoms with Gasteiger partial charge in [0.05, 0.1) is 0 Å². The van der Waals surface area contributed by atoms with Crippen LogP contribution in [-0.4, -0.2) is 27.4 Å². The smallest absolute Gasteiger partial charge is 0.279 e. The fourth-order valence-electron chi connectivity index (χ4n) is 2.70. The SMILES string of the molecule is CCc1nnc(NC(=O)c2cc(-c3ccc4c(c3)C[C@@H](C)O4)on2)s1. The van der Waals surface area contributed by atoms with Crippen LogP contribution in [0.3, 0.4) is 0 Å². The van der Waals surface area contributed by atoms with Gasteiger partial charge >= 0.3 is 0 Å². The number of fused-ring (bicyclic) bond motifs is 1. The summed E-state index contributed by atoms with van der Waals surface area (Å²) in [5, 5.41) is 15.8. The Bertz CT molecular complexity index is 934. The number of anilines is 1. The van der Waals surface area contributed by atoms with Gasteiger partial charge in [0.15, 0.2) is 11.5 Å². The summed E-state index contributed by atoms with van der Waals surface area (Å²) in [6.07, 6.45) is 1.82. The van der Waals surface area contributed by atoms with Crippen molar-refractivity contribution < 1.29 is 14.1 Å². The average Bonchev–Trinajstić information content (AvgIpc) is 3.32. The van der Waals surface area contributed by atoms with E-state index in [0.717, 1.165) is 34.7 Å². The minimum absolute atomic E-state index is 0.182. The number of amides is 1. The Morgan fingerprint density at radius 3 is 3.04 bits per heavy atom. The molecule has 0 spiro atoms. The standard InChI is InChI=1S/C17H16N4O3S/c1-3-15-19-20-17(25-15)18-16(22)12-8-14(24-21-12)10-4-5-13-11(7-10)6-9(2)23-13/h4-5,7-9H,3,6H2,1-2H3,(H,18,20,22)/t9-/m1/s1. The molecule has 1 aromatic carbocycles. The molecule has 3 heterocycles. The van der Waals surface area contributed by atoms with Crippen molar-refractivity contribution >= 4 is 22.4 Å². The first-order valence-electron chi connectivity index (χ1n) is 8.02. The zero-order valence-electron chi connectivity index (χ0n) is 13.8. The molecule has 1 aliphatic rings. The molecule has 4 rings (SSSR count). The van der Waals surface area contributed by atoms with E-state index in [1.165, 1.54) is 11.3 Å². The fraction of sp³-hybridized carbons (Fsp3) is 0.294. The van der Waals surface area contributed by atoms with Crippen LogP contribution in [0.5, 0.6) is 5.75 Å². The fourth-order valence-corrected chi connectivity index (χ4v) is 3.38. The number of carbonyl (C=O) groups excluding carboxylic acids is 1. The van der Waals surface area contributed by atoms with Gasteiger partial charge in [0.2, 0.25) is 5.13 Å². The minimum atomic E-state index is -0.369. The van der Waals surface area contributed by atoms with Crippen LogP contribution >= 0.6 is 11.3 Å². The normalized spacial score (nSPS) is 15.7. The van der Waals surface area contributed by atoms with Crippen molar-refractivity contribution in [3.63, 3.8) is 0 Å². The van der Waals surface area contributed by atoms with Crippen LogP contribution in [0.1, 0.15) is 34.9 Å². The van der Waals surface area contributed by atoms with Gasteiger partial charge in [-0.05, 0) is 37.1 Å². The molecular formula is C17H16N4O3S. The zero-order chi connectivity index (χ0) is 17.4. The van der Waals surface area contributed by atoms with Gasteiger partial charge in [-0.1, -0.05) is 23.4 Å².